The molecule has 2 rings (SSSR count). The van der Waals surface area contributed by atoms with Gasteiger partial charge in [-0.15, -0.1) is 0 Å². The third-order valence-electron chi connectivity index (χ3n) is 2.70. The van der Waals surface area contributed by atoms with Crippen molar-refractivity contribution in [3.05, 3.63) is 50.5 Å². The summed E-state index contributed by atoms with van der Waals surface area (Å²) in [5, 5.41) is 10.2. The molecule has 0 aromatic heterocycles. The van der Waals surface area contributed by atoms with E-state index in [-0.39, 0.29) is 16.6 Å². The van der Waals surface area contributed by atoms with Gasteiger partial charge in [0.2, 0.25) is 0 Å². The van der Waals surface area contributed by atoms with E-state index in [2.05, 4.69) is 0 Å². The predicted octanol–water partition coefficient (Wildman–Crippen LogP) is 4.92. The Morgan fingerprint density at radius 2 is 1.81 bits per heavy atom. The minimum Gasteiger partial charge on any atom is -0.506 e. The van der Waals surface area contributed by atoms with Gasteiger partial charge < -0.3 is 9.84 Å². The van der Waals surface area contributed by atoms with Gasteiger partial charge in [0.05, 0.1) is 15.1 Å². The van der Waals surface area contributed by atoms with Gasteiger partial charge in [-0.2, -0.15) is 0 Å². The zero-order valence-electron chi connectivity index (χ0n) is 11.2. The van der Waals surface area contributed by atoms with Crippen LogP contribution in [0.15, 0.2) is 40.4 Å². The van der Waals surface area contributed by atoms with Gasteiger partial charge >= 0.3 is 0 Å². The van der Waals surface area contributed by atoms with E-state index < -0.39 is 5.60 Å². The van der Waals surface area contributed by atoms with Gasteiger partial charge in [0.1, 0.15) is 11.4 Å². The number of methoxy groups -OCH3 is 1. The van der Waals surface area contributed by atoms with Gasteiger partial charge in [0.15, 0.2) is 5.78 Å². The molecule has 3 nitrogen and oxygen atoms in total. The summed E-state index contributed by atoms with van der Waals surface area (Å²) >= 11 is 22.4. The molecule has 114 valence electrons. The Labute approximate surface area is 142 Å². The average molecular weight is 370 g/mol. The number of benzene rings is 1. The van der Waals surface area contributed by atoms with Crippen LogP contribution in [0.5, 0.6) is 5.75 Å². The highest BCUT2D eigenvalue weighted by molar-refractivity contribution is 6.46. The largest absolute Gasteiger partial charge is 0.506 e. The van der Waals surface area contributed by atoms with Crippen molar-refractivity contribution in [1.29, 1.82) is 0 Å². The molecular formula is C14H12Cl4O3. The maximum Gasteiger partial charge on any atom is 0.198 e. The van der Waals surface area contributed by atoms with Crippen LogP contribution in [0, 0.1) is 0 Å². The van der Waals surface area contributed by atoms with Crippen LogP contribution in [0.4, 0.5) is 0 Å². The molecule has 0 bridgehead atoms. The number of hydrogen-bond donors (Lipinski definition) is 1. The second-order valence-electron chi connectivity index (χ2n) is 4.26. The molecule has 1 aromatic carbocycles. The average Bonchev–Trinajstić information content (AvgIpc) is 2.42. The first-order valence-electron chi connectivity index (χ1n) is 5.69. The van der Waals surface area contributed by atoms with Gasteiger partial charge in [-0.3, -0.25) is 4.79 Å². The van der Waals surface area contributed by atoms with Crippen molar-refractivity contribution in [1.82, 2.24) is 0 Å². The molecule has 7 heteroatoms. The van der Waals surface area contributed by atoms with Crippen molar-refractivity contribution < 1.29 is 14.6 Å². The quantitative estimate of drug-likeness (QED) is 0.764. The van der Waals surface area contributed by atoms with Crippen molar-refractivity contribution in [3.63, 3.8) is 0 Å². The fourth-order valence-corrected chi connectivity index (χ4v) is 2.13. The topological polar surface area (TPSA) is 46.5 Å². The van der Waals surface area contributed by atoms with Crippen molar-refractivity contribution in [2.45, 2.75) is 12.5 Å². The minimum absolute atomic E-state index is 0.0177. The number of ether oxygens (including phenoxy) is 1. The van der Waals surface area contributed by atoms with Crippen LogP contribution in [-0.2, 0) is 9.53 Å². The number of phenolic OH excluding ortho intramolecular Hbond substituents is 1. The Kier molecular flexibility index (Phi) is 6.57. The fourth-order valence-electron chi connectivity index (χ4n) is 1.35. The van der Waals surface area contributed by atoms with Crippen molar-refractivity contribution in [3.8, 4) is 5.75 Å². The Morgan fingerprint density at radius 3 is 2.29 bits per heavy atom. The van der Waals surface area contributed by atoms with Crippen molar-refractivity contribution in [2.75, 3.05) is 7.11 Å². The predicted molar refractivity (Wildman–Crippen MR) is 86.4 cm³/mol. The van der Waals surface area contributed by atoms with Crippen LogP contribution in [0.3, 0.4) is 0 Å². The molecular weight excluding hydrogens is 358 g/mol. The molecule has 0 radical (unpaired) electrons. The van der Waals surface area contributed by atoms with Crippen LogP contribution in [0.1, 0.15) is 6.92 Å². The maximum absolute atomic E-state index is 11.0. The number of allylic oxidation sites excluding steroid dienone is 2. The number of aromatic hydroxyl groups is 1. The molecule has 1 aliphatic carbocycles. The first-order valence-corrected chi connectivity index (χ1v) is 7.20. The molecule has 1 atom stereocenters. The molecule has 0 aliphatic heterocycles. The van der Waals surface area contributed by atoms with Gasteiger partial charge in [0, 0.05) is 24.3 Å². The molecule has 1 aliphatic rings. The summed E-state index contributed by atoms with van der Waals surface area (Å²) in [4.78, 5) is 11.0. The van der Waals surface area contributed by atoms with E-state index in [9.17, 15) is 4.79 Å². The lowest BCUT2D eigenvalue weighted by Crippen LogP contribution is -2.29. The first kappa shape index (κ1) is 18.3. The Morgan fingerprint density at radius 1 is 1.19 bits per heavy atom. The lowest BCUT2D eigenvalue weighted by Gasteiger charge is -2.26. The molecule has 0 saturated carbocycles. The second-order valence-corrected chi connectivity index (χ2v) is 5.91. The summed E-state index contributed by atoms with van der Waals surface area (Å²) in [6.07, 6.45) is 2.77. The van der Waals surface area contributed by atoms with Crippen molar-refractivity contribution >= 4 is 52.2 Å². The first-order chi connectivity index (χ1) is 9.69. The highest BCUT2D eigenvalue weighted by Gasteiger charge is 2.31. The number of carbonyl (C=O) groups is 1. The minimum atomic E-state index is -0.757. The summed E-state index contributed by atoms with van der Waals surface area (Å²) < 4.78 is 5.10. The van der Waals surface area contributed by atoms with Gasteiger partial charge in [0.25, 0.3) is 0 Å². The molecule has 1 aromatic rings. The van der Waals surface area contributed by atoms with E-state index in [1.54, 1.807) is 19.1 Å². The summed E-state index contributed by atoms with van der Waals surface area (Å²) in [6.45, 7) is 1.74. The zero-order valence-corrected chi connectivity index (χ0v) is 14.2. The Hall–Kier alpha value is -0.710. The maximum atomic E-state index is 11.0. The normalized spacial score (nSPS) is 21.1. The summed E-state index contributed by atoms with van der Waals surface area (Å²) in [5.41, 5.74) is -0.757. The number of ketones is 1. The molecule has 0 amide bonds. The molecule has 21 heavy (non-hydrogen) atoms. The molecule has 1 unspecified atom stereocenters. The van der Waals surface area contributed by atoms with E-state index >= 15 is 0 Å². The van der Waals surface area contributed by atoms with Crippen LogP contribution in [0.2, 0.25) is 10.0 Å². The fraction of sp³-hybridized carbons (Fsp3) is 0.214. The molecule has 0 heterocycles. The number of halogens is 4. The molecule has 0 fully saturated rings. The van der Waals surface area contributed by atoms with Crippen LogP contribution >= 0.6 is 46.4 Å². The number of rotatable bonds is 1. The summed E-state index contributed by atoms with van der Waals surface area (Å²) in [5.74, 6) is -0.264. The zero-order chi connectivity index (χ0) is 16.2. The Balaban J connectivity index is 0.000000219. The number of phenols is 1. The molecule has 0 saturated heterocycles. The summed E-state index contributed by atoms with van der Waals surface area (Å²) in [7, 11) is 1.51. The van der Waals surface area contributed by atoms with Gasteiger partial charge in [-0.05, 0) is 25.1 Å². The standard InChI is InChI=1S/C8H8Cl2O2.C6H4Cl2O/c1-8(12-2)4-5(9)6(11)3-7(8)10;7-4-1-2-5(8)6(9)3-4/h3-4H,1-2H3;1-3,9H. The smallest absolute Gasteiger partial charge is 0.198 e. The lowest BCUT2D eigenvalue weighted by molar-refractivity contribution is -0.111. The SMILES string of the molecule is COC1(C)C=C(Cl)C(=O)C=C1Cl.Oc1cc(Cl)ccc1Cl. The lowest BCUT2D eigenvalue weighted by atomic mass is 9.99. The highest BCUT2D eigenvalue weighted by atomic mass is 35.5. The van der Waals surface area contributed by atoms with Crippen LogP contribution in [0.25, 0.3) is 0 Å². The highest BCUT2D eigenvalue weighted by Crippen LogP contribution is 2.32. The van der Waals surface area contributed by atoms with Crippen LogP contribution in [-0.4, -0.2) is 23.6 Å². The van der Waals surface area contributed by atoms with E-state index in [4.69, 9.17) is 56.2 Å². The monoisotopic (exact) mass is 368 g/mol. The van der Waals surface area contributed by atoms with Crippen molar-refractivity contribution in [2.24, 2.45) is 0 Å². The van der Waals surface area contributed by atoms with E-state index in [1.807, 2.05) is 0 Å². The van der Waals surface area contributed by atoms with Crippen LogP contribution < -0.4 is 0 Å². The number of hydrogen-bond acceptors (Lipinski definition) is 3. The van der Waals surface area contributed by atoms with E-state index in [1.165, 1.54) is 25.3 Å². The van der Waals surface area contributed by atoms with Gasteiger partial charge in [-0.1, -0.05) is 46.4 Å². The third-order valence-corrected chi connectivity index (χ3v) is 4.04. The van der Waals surface area contributed by atoms with E-state index in [0.717, 1.165) is 0 Å². The number of carbonyl (C=O) groups excluding carboxylic acids is 1. The third kappa shape index (κ3) is 4.90. The second kappa shape index (κ2) is 7.52. The summed E-state index contributed by atoms with van der Waals surface area (Å²) in [6, 6.07) is 4.55. The molecule has 0 spiro atoms. The van der Waals surface area contributed by atoms with E-state index in [0.29, 0.717) is 15.1 Å². The van der Waals surface area contributed by atoms with Gasteiger partial charge in [-0.25, -0.2) is 0 Å². The molecule has 1 N–H and O–H groups in total. The Bertz CT molecular complexity index is 610.